The number of hydrogen-bond acceptors (Lipinski definition) is 5. The van der Waals surface area contributed by atoms with E-state index in [1.165, 1.54) is 4.41 Å². The van der Waals surface area contributed by atoms with Crippen molar-refractivity contribution in [1.29, 1.82) is 0 Å². The van der Waals surface area contributed by atoms with Gasteiger partial charge in [-0.05, 0) is 38.3 Å². The lowest BCUT2D eigenvalue weighted by Crippen LogP contribution is -2.50. The number of carbonyl (C=O) groups is 1. The molecule has 1 fully saturated rings. The van der Waals surface area contributed by atoms with Gasteiger partial charge in [-0.15, -0.1) is 4.41 Å². The normalized spacial score (nSPS) is 19.7. The van der Waals surface area contributed by atoms with Crippen molar-refractivity contribution in [2.45, 2.75) is 31.1 Å². The first-order valence-corrected chi connectivity index (χ1v) is 10.6. The van der Waals surface area contributed by atoms with E-state index in [9.17, 15) is 13.2 Å². The maximum atomic E-state index is 13.0. The van der Waals surface area contributed by atoms with E-state index in [2.05, 4.69) is 11.0 Å². The van der Waals surface area contributed by atoms with Crippen LogP contribution in [0, 0.1) is 12.8 Å². The summed E-state index contributed by atoms with van der Waals surface area (Å²) in [7, 11) is -3.70. The van der Waals surface area contributed by atoms with Gasteiger partial charge in [0, 0.05) is 24.6 Å². The zero-order valence-electron chi connectivity index (χ0n) is 15.4. The molecule has 7 heteroatoms. The monoisotopic (exact) mass is 387 g/mol. The van der Waals surface area contributed by atoms with Crippen molar-refractivity contribution in [3.05, 3.63) is 65.7 Å². The summed E-state index contributed by atoms with van der Waals surface area (Å²) in [5.41, 5.74) is 7.42. The van der Waals surface area contributed by atoms with Crippen molar-refractivity contribution >= 4 is 15.8 Å². The van der Waals surface area contributed by atoms with E-state index < -0.39 is 10.0 Å². The molecule has 0 radical (unpaired) electrons. The van der Waals surface area contributed by atoms with E-state index in [4.69, 9.17) is 0 Å². The molecular weight excluding hydrogens is 362 g/mol. The van der Waals surface area contributed by atoms with Crippen LogP contribution in [0.3, 0.4) is 0 Å². The number of hydrazine groups is 2. The molecule has 0 amide bonds. The van der Waals surface area contributed by atoms with Gasteiger partial charge in [-0.3, -0.25) is 4.79 Å². The van der Waals surface area contributed by atoms with Crippen LogP contribution in [-0.4, -0.2) is 31.7 Å². The van der Waals surface area contributed by atoms with Gasteiger partial charge in [0.1, 0.15) is 0 Å². The highest BCUT2D eigenvalue weighted by Gasteiger charge is 2.28. The van der Waals surface area contributed by atoms with Gasteiger partial charge < -0.3 is 0 Å². The minimum atomic E-state index is -3.70. The number of rotatable bonds is 4. The molecule has 2 aromatic rings. The summed E-state index contributed by atoms with van der Waals surface area (Å²) in [4.78, 5) is 13.1. The summed E-state index contributed by atoms with van der Waals surface area (Å²) in [6.07, 6.45) is 1.98. The number of aryl methyl sites for hydroxylation is 1. The van der Waals surface area contributed by atoms with Crippen molar-refractivity contribution < 1.29 is 13.2 Å². The first kappa shape index (κ1) is 19.7. The molecule has 1 unspecified atom stereocenters. The molecule has 6 nitrogen and oxygen atoms in total. The molecule has 2 aromatic carbocycles. The molecule has 1 aliphatic rings. The zero-order valence-corrected chi connectivity index (χ0v) is 16.2. The third-order valence-corrected chi connectivity index (χ3v) is 6.50. The second kappa shape index (κ2) is 8.75. The number of carbonyl (C=O) groups excluding carboxylic acids is 1. The Morgan fingerprint density at radius 1 is 1.04 bits per heavy atom. The van der Waals surface area contributed by atoms with E-state index in [1.54, 1.807) is 24.3 Å². The van der Waals surface area contributed by atoms with Crippen LogP contribution in [0.1, 0.15) is 35.2 Å². The van der Waals surface area contributed by atoms with Crippen LogP contribution in [0.5, 0.6) is 0 Å². The molecule has 27 heavy (non-hydrogen) atoms. The van der Waals surface area contributed by atoms with Gasteiger partial charge in [-0.25, -0.2) is 13.8 Å². The maximum absolute atomic E-state index is 13.0. The lowest BCUT2D eigenvalue weighted by molar-refractivity contribution is 0.0900. The smallest absolute Gasteiger partial charge is 0.256 e. The molecule has 1 aliphatic heterocycles. The van der Waals surface area contributed by atoms with Crippen LogP contribution >= 0.6 is 0 Å². The van der Waals surface area contributed by atoms with Crippen LogP contribution in [0.15, 0.2) is 59.5 Å². The zero-order chi connectivity index (χ0) is 19.3. The van der Waals surface area contributed by atoms with E-state index in [1.807, 2.05) is 37.3 Å². The predicted octanol–water partition coefficient (Wildman–Crippen LogP) is 2.68. The van der Waals surface area contributed by atoms with Crippen molar-refractivity contribution in [1.82, 2.24) is 15.4 Å². The molecule has 2 N–H and O–H groups in total. The Hall–Kier alpha value is -2.06. The summed E-state index contributed by atoms with van der Waals surface area (Å²) in [6, 6.07) is 16.0. The topological polar surface area (TPSA) is 78.5 Å². The SMILES string of the molecule is Cc1ccc(S(=O)(=O)N2CCC(C(=O)c3ccccc3)CCCNN2)cc1. The Balaban J connectivity index is 1.78. The highest BCUT2D eigenvalue weighted by atomic mass is 32.2. The van der Waals surface area contributed by atoms with Crippen molar-refractivity contribution in [2.75, 3.05) is 13.1 Å². The van der Waals surface area contributed by atoms with E-state index in [0.29, 0.717) is 18.5 Å². The van der Waals surface area contributed by atoms with Gasteiger partial charge in [0.2, 0.25) is 0 Å². The number of hydrogen-bond donors (Lipinski definition) is 2. The molecule has 1 heterocycles. The Kier molecular flexibility index (Phi) is 6.38. The van der Waals surface area contributed by atoms with Crippen LogP contribution < -0.4 is 11.0 Å². The van der Waals surface area contributed by atoms with Crippen LogP contribution in [0.2, 0.25) is 0 Å². The van der Waals surface area contributed by atoms with Gasteiger partial charge in [-0.1, -0.05) is 48.0 Å². The number of nitrogens with one attached hydrogen (secondary N) is 2. The van der Waals surface area contributed by atoms with E-state index >= 15 is 0 Å². The van der Waals surface area contributed by atoms with Gasteiger partial charge in [-0.2, -0.15) is 5.53 Å². The number of ketones is 1. The average molecular weight is 388 g/mol. The summed E-state index contributed by atoms with van der Waals surface area (Å²) in [5, 5.41) is 0. The average Bonchev–Trinajstić information content (AvgIpc) is 2.81. The van der Waals surface area contributed by atoms with Crippen LogP contribution in [-0.2, 0) is 10.0 Å². The minimum Gasteiger partial charge on any atom is -0.294 e. The largest absolute Gasteiger partial charge is 0.294 e. The number of Topliss-reactive ketones (excluding diaryl/α,β-unsaturated/α-hetero) is 1. The lowest BCUT2D eigenvalue weighted by atomic mass is 9.90. The lowest BCUT2D eigenvalue weighted by Gasteiger charge is -2.23. The van der Waals surface area contributed by atoms with Crippen molar-refractivity contribution in [2.24, 2.45) is 5.92 Å². The predicted molar refractivity (Wildman–Crippen MR) is 104 cm³/mol. The molecule has 1 saturated heterocycles. The van der Waals surface area contributed by atoms with Gasteiger partial charge in [0.25, 0.3) is 10.0 Å². The quantitative estimate of drug-likeness (QED) is 0.789. The first-order valence-electron chi connectivity index (χ1n) is 9.15. The third kappa shape index (κ3) is 4.81. The van der Waals surface area contributed by atoms with Crippen LogP contribution in [0.4, 0.5) is 0 Å². The highest BCUT2D eigenvalue weighted by Crippen LogP contribution is 2.21. The molecule has 0 saturated carbocycles. The minimum absolute atomic E-state index is 0.0742. The Labute approximate surface area is 160 Å². The number of benzene rings is 2. The summed E-state index contributed by atoms with van der Waals surface area (Å²) in [6.45, 7) is 2.71. The fourth-order valence-electron chi connectivity index (χ4n) is 3.17. The van der Waals surface area contributed by atoms with Gasteiger partial charge in [0.15, 0.2) is 5.78 Å². The fraction of sp³-hybridized carbons (Fsp3) is 0.350. The summed E-state index contributed by atoms with van der Waals surface area (Å²) >= 11 is 0. The van der Waals surface area contributed by atoms with Gasteiger partial charge in [0.05, 0.1) is 4.90 Å². The van der Waals surface area contributed by atoms with E-state index in [0.717, 1.165) is 18.4 Å². The highest BCUT2D eigenvalue weighted by molar-refractivity contribution is 7.89. The molecular formula is C20H25N3O3S. The second-order valence-electron chi connectivity index (χ2n) is 6.79. The molecule has 0 aliphatic carbocycles. The molecule has 0 aromatic heterocycles. The van der Waals surface area contributed by atoms with Crippen LogP contribution in [0.25, 0.3) is 0 Å². The third-order valence-electron chi connectivity index (χ3n) is 4.78. The Morgan fingerprint density at radius 3 is 2.44 bits per heavy atom. The molecule has 0 spiro atoms. The molecule has 1 atom stereocenters. The number of sulfonamides is 1. The molecule has 0 bridgehead atoms. The van der Waals surface area contributed by atoms with Crippen molar-refractivity contribution in [3.8, 4) is 0 Å². The Bertz CT molecular complexity index is 867. The molecule has 3 rings (SSSR count). The first-order chi connectivity index (χ1) is 13.0. The van der Waals surface area contributed by atoms with Gasteiger partial charge >= 0.3 is 0 Å². The number of nitrogens with zero attached hydrogens (tertiary/aromatic N) is 1. The fourth-order valence-corrected chi connectivity index (χ4v) is 4.44. The van der Waals surface area contributed by atoms with E-state index in [-0.39, 0.29) is 23.1 Å². The standard InChI is InChI=1S/C20H25N3O3S/c1-16-9-11-19(12-10-16)27(25,26)23-15-13-18(8-5-14-21-22-23)20(24)17-6-3-2-4-7-17/h2-4,6-7,9-12,18,21-22H,5,8,13-15H2,1H3. The second-order valence-corrected chi connectivity index (χ2v) is 8.65. The summed E-state index contributed by atoms with van der Waals surface area (Å²) in [5.74, 6) is -0.130. The molecule has 144 valence electrons. The summed E-state index contributed by atoms with van der Waals surface area (Å²) < 4.78 is 27.1. The van der Waals surface area contributed by atoms with Crippen molar-refractivity contribution in [3.63, 3.8) is 0 Å². The Morgan fingerprint density at radius 2 is 1.74 bits per heavy atom. The maximum Gasteiger partial charge on any atom is 0.256 e.